The number of carbonyl (C=O) groups is 2. The van der Waals surface area contributed by atoms with Crippen molar-refractivity contribution in [1.82, 2.24) is 14.8 Å². The third-order valence-corrected chi connectivity index (χ3v) is 4.95. The Bertz CT molecular complexity index is 1060. The highest BCUT2D eigenvalue weighted by Crippen LogP contribution is 2.27. The average Bonchev–Trinajstić information content (AvgIpc) is 2.79. The summed E-state index contributed by atoms with van der Waals surface area (Å²) in [6.45, 7) is 1.66. The number of hydrogen-bond acceptors (Lipinski definition) is 6. The molecule has 0 fully saturated rings. The molecule has 1 aliphatic heterocycles. The molecule has 1 aliphatic rings. The molecule has 0 saturated heterocycles. The molecule has 0 radical (unpaired) electrons. The van der Waals surface area contributed by atoms with Gasteiger partial charge in [-0.1, -0.05) is 6.07 Å². The van der Waals surface area contributed by atoms with Crippen LogP contribution in [0, 0.1) is 0 Å². The van der Waals surface area contributed by atoms with Gasteiger partial charge in [0.05, 0.1) is 27.5 Å². The van der Waals surface area contributed by atoms with Crippen molar-refractivity contribution in [2.75, 3.05) is 41.0 Å². The summed E-state index contributed by atoms with van der Waals surface area (Å²) in [4.78, 5) is 38.3. The Kier molecular flexibility index (Phi) is 6.96. The maximum Gasteiger partial charge on any atom is 0.270 e. The normalized spacial score (nSPS) is 13.1. The van der Waals surface area contributed by atoms with Gasteiger partial charge >= 0.3 is 0 Å². The number of carbonyl (C=O) groups excluding carboxylic acids is 2. The number of pyridine rings is 1. The summed E-state index contributed by atoms with van der Waals surface area (Å²) in [5, 5.41) is 2.76. The van der Waals surface area contributed by atoms with E-state index >= 15 is 0 Å². The fraction of sp³-hybridized carbons (Fsp3) is 0.318. The Morgan fingerprint density at radius 1 is 1.03 bits per heavy atom. The van der Waals surface area contributed by atoms with Crippen LogP contribution in [0.5, 0.6) is 17.2 Å². The first-order valence-electron chi connectivity index (χ1n) is 9.72. The Balaban J connectivity index is 1.54. The summed E-state index contributed by atoms with van der Waals surface area (Å²) in [6, 6.07) is 6.63. The van der Waals surface area contributed by atoms with Gasteiger partial charge in [0.15, 0.2) is 17.2 Å². The quantitative estimate of drug-likeness (QED) is 0.635. The molecule has 0 atom stereocenters. The van der Waals surface area contributed by atoms with Crippen LogP contribution in [-0.4, -0.2) is 62.2 Å². The van der Waals surface area contributed by atoms with Crippen molar-refractivity contribution < 1.29 is 23.8 Å². The van der Waals surface area contributed by atoms with Crippen LogP contribution in [0.15, 0.2) is 41.3 Å². The van der Waals surface area contributed by atoms with Crippen LogP contribution in [0.1, 0.15) is 16.1 Å². The molecule has 0 unspecified atom stereocenters. The number of nitrogens with zero attached hydrogens (tertiary/aromatic N) is 2. The Hall–Kier alpha value is -3.75. The lowest BCUT2D eigenvalue weighted by molar-refractivity contribution is -0.116. The zero-order valence-electron chi connectivity index (χ0n) is 17.7. The van der Waals surface area contributed by atoms with Crippen LogP contribution in [-0.2, 0) is 11.3 Å². The van der Waals surface area contributed by atoms with E-state index in [4.69, 9.17) is 14.2 Å². The fourth-order valence-electron chi connectivity index (χ4n) is 3.28. The molecule has 1 N–H and O–H groups in total. The number of aromatic nitrogens is 1. The second-order valence-corrected chi connectivity index (χ2v) is 6.82. The highest BCUT2D eigenvalue weighted by Gasteiger charge is 2.24. The maximum atomic E-state index is 12.6. The summed E-state index contributed by atoms with van der Waals surface area (Å²) in [6.07, 6.45) is 4.63. The number of rotatable bonds is 8. The number of ether oxygens (including phenoxy) is 3. The molecule has 0 aliphatic carbocycles. The fourth-order valence-corrected chi connectivity index (χ4v) is 3.28. The van der Waals surface area contributed by atoms with E-state index in [2.05, 4.69) is 5.32 Å². The molecule has 31 heavy (non-hydrogen) atoms. The summed E-state index contributed by atoms with van der Waals surface area (Å²) >= 11 is 0. The Morgan fingerprint density at radius 2 is 1.77 bits per heavy atom. The van der Waals surface area contributed by atoms with Crippen LogP contribution < -0.4 is 25.0 Å². The molecule has 2 heterocycles. The highest BCUT2D eigenvalue weighted by molar-refractivity contribution is 5.94. The maximum absolute atomic E-state index is 12.6. The Labute approximate surface area is 179 Å². The van der Waals surface area contributed by atoms with Gasteiger partial charge in [-0.3, -0.25) is 14.4 Å². The van der Waals surface area contributed by atoms with E-state index in [1.165, 1.54) is 19.3 Å². The minimum Gasteiger partial charge on any atom is -0.493 e. The van der Waals surface area contributed by atoms with Crippen LogP contribution in [0.25, 0.3) is 6.08 Å². The number of amides is 2. The van der Waals surface area contributed by atoms with Gasteiger partial charge in [-0.05, 0) is 23.8 Å². The molecule has 3 rings (SSSR count). The first-order valence-corrected chi connectivity index (χ1v) is 9.72. The van der Waals surface area contributed by atoms with Crippen LogP contribution >= 0.6 is 0 Å². The molecule has 0 spiro atoms. The van der Waals surface area contributed by atoms with E-state index in [1.807, 2.05) is 6.07 Å². The van der Waals surface area contributed by atoms with Crippen molar-refractivity contribution in [3.05, 3.63) is 58.0 Å². The molecular weight excluding hydrogens is 402 g/mol. The molecule has 2 aromatic rings. The lowest BCUT2D eigenvalue weighted by Gasteiger charge is -2.30. The lowest BCUT2D eigenvalue weighted by Crippen LogP contribution is -2.44. The Morgan fingerprint density at radius 3 is 2.48 bits per heavy atom. The molecule has 0 saturated carbocycles. The second-order valence-electron chi connectivity index (χ2n) is 6.82. The van der Waals surface area contributed by atoms with Gasteiger partial charge in [-0.15, -0.1) is 0 Å². The van der Waals surface area contributed by atoms with Crippen molar-refractivity contribution in [2.24, 2.45) is 0 Å². The van der Waals surface area contributed by atoms with Gasteiger partial charge < -0.3 is 29.0 Å². The minimum atomic E-state index is -0.336. The van der Waals surface area contributed by atoms with Crippen LogP contribution in [0.4, 0.5) is 0 Å². The molecule has 1 aromatic heterocycles. The average molecular weight is 427 g/mol. The first kappa shape index (κ1) is 21.9. The SMILES string of the molecule is COc1ccc(C=CC(=O)NCCN2CCn3cc(OC)c(=O)cc3C2=O)cc1OC. The molecule has 9 heteroatoms. The number of methoxy groups -OCH3 is 3. The molecule has 0 bridgehead atoms. The summed E-state index contributed by atoms with van der Waals surface area (Å²) in [5.41, 5.74) is 0.769. The zero-order chi connectivity index (χ0) is 22.4. The van der Waals surface area contributed by atoms with Gasteiger partial charge in [-0.25, -0.2) is 0 Å². The van der Waals surface area contributed by atoms with E-state index in [9.17, 15) is 14.4 Å². The van der Waals surface area contributed by atoms with E-state index in [0.29, 0.717) is 43.4 Å². The summed E-state index contributed by atoms with van der Waals surface area (Å²) in [5.74, 6) is 0.864. The number of nitrogens with one attached hydrogen (secondary N) is 1. The smallest absolute Gasteiger partial charge is 0.270 e. The van der Waals surface area contributed by atoms with Crippen LogP contribution in [0.2, 0.25) is 0 Å². The molecule has 9 nitrogen and oxygen atoms in total. The van der Waals surface area contributed by atoms with E-state index in [1.54, 1.807) is 48.1 Å². The lowest BCUT2D eigenvalue weighted by atomic mass is 10.2. The van der Waals surface area contributed by atoms with E-state index < -0.39 is 0 Å². The van der Waals surface area contributed by atoms with Crippen molar-refractivity contribution in [3.8, 4) is 17.2 Å². The minimum absolute atomic E-state index is 0.207. The van der Waals surface area contributed by atoms with Gasteiger partial charge in [-0.2, -0.15) is 0 Å². The predicted octanol–water partition coefficient (Wildman–Crippen LogP) is 1.16. The molecule has 1 aromatic carbocycles. The van der Waals surface area contributed by atoms with Crippen LogP contribution in [0.3, 0.4) is 0 Å². The standard InChI is InChI=1S/C22H25N3O6/c1-29-18-6-4-15(12-19(18)30-2)5-7-21(27)23-8-9-24-10-11-25-14-20(31-3)17(26)13-16(25)22(24)28/h4-7,12-14H,8-11H2,1-3H3,(H,23,27). The molecule has 164 valence electrons. The highest BCUT2D eigenvalue weighted by atomic mass is 16.5. The van der Waals surface area contributed by atoms with Gasteiger partial charge in [0.25, 0.3) is 5.91 Å². The van der Waals surface area contributed by atoms with Gasteiger partial charge in [0.1, 0.15) is 5.69 Å². The van der Waals surface area contributed by atoms with Gasteiger partial charge in [0.2, 0.25) is 11.3 Å². The topological polar surface area (TPSA) is 99.1 Å². The predicted molar refractivity (Wildman–Crippen MR) is 115 cm³/mol. The summed E-state index contributed by atoms with van der Waals surface area (Å²) in [7, 11) is 4.52. The van der Waals surface area contributed by atoms with Crippen molar-refractivity contribution in [3.63, 3.8) is 0 Å². The zero-order valence-corrected chi connectivity index (χ0v) is 17.7. The largest absolute Gasteiger partial charge is 0.493 e. The summed E-state index contributed by atoms with van der Waals surface area (Å²) < 4.78 is 17.2. The van der Waals surface area contributed by atoms with Crippen molar-refractivity contribution in [2.45, 2.75) is 6.54 Å². The number of fused-ring (bicyclic) bond motifs is 1. The first-order chi connectivity index (χ1) is 15.0. The molecular formula is C22H25N3O6. The van der Waals surface area contributed by atoms with Gasteiger partial charge in [0, 0.05) is 38.3 Å². The van der Waals surface area contributed by atoms with E-state index in [0.717, 1.165) is 5.56 Å². The third kappa shape index (κ3) is 5.06. The molecule has 2 amide bonds. The van der Waals surface area contributed by atoms with Crippen molar-refractivity contribution in [1.29, 1.82) is 0 Å². The second kappa shape index (κ2) is 9.84. The third-order valence-electron chi connectivity index (χ3n) is 4.95. The number of benzene rings is 1. The number of hydrogen-bond donors (Lipinski definition) is 1. The monoisotopic (exact) mass is 427 g/mol. The van der Waals surface area contributed by atoms with E-state index in [-0.39, 0.29) is 23.0 Å². The van der Waals surface area contributed by atoms with Crippen molar-refractivity contribution >= 4 is 17.9 Å².